The molecule has 0 N–H and O–H groups in total. The van der Waals surface area contributed by atoms with Gasteiger partial charge in [0.1, 0.15) is 0 Å². The maximum atomic E-state index is 5.29. The van der Waals surface area contributed by atoms with Crippen molar-refractivity contribution >= 4 is 6.08 Å². The van der Waals surface area contributed by atoms with Crippen molar-refractivity contribution in [1.29, 1.82) is 0 Å². The Morgan fingerprint density at radius 1 is 1.23 bits per heavy atom. The summed E-state index contributed by atoms with van der Waals surface area (Å²) in [6.45, 7) is 8.86. The fourth-order valence-corrected chi connectivity index (χ4v) is 1.64. The average molecular weight is 177 g/mol. The summed E-state index contributed by atoms with van der Waals surface area (Å²) in [6.07, 6.45) is 5.74. The summed E-state index contributed by atoms with van der Waals surface area (Å²) in [6, 6.07) is 0. The van der Waals surface area contributed by atoms with Gasteiger partial charge in [0.2, 0.25) is 0 Å². The van der Waals surface area contributed by atoms with E-state index in [1.54, 1.807) is 0 Å². The molecule has 1 aliphatic carbocycles. The van der Waals surface area contributed by atoms with Crippen LogP contribution in [0.25, 0.3) is 6.08 Å². The van der Waals surface area contributed by atoms with E-state index in [4.69, 9.17) is 4.42 Å². The van der Waals surface area contributed by atoms with Crippen LogP contribution in [0.5, 0.6) is 0 Å². The van der Waals surface area contributed by atoms with E-state index < -0.39 is 0 Å². The molecule has 1 aromatic heterocycles. The largest absolute Gasteiger partial charge is 0.444 e. The van der Waals surface area contributed by atoms with Crippen molar-refractivity contribution in [3.63, 3.8) is 0 Å². The third kappa shape index (κ3) is 0.978. The molecule has 0 aromatic carbocycles. The third-order valence-electron chi connectivity index (χ3n) is 3.45. The van der Waals surface area contributed by atoms with Crippen LogP contribution in [0.2, 0.25) is 0 Å². The summed E-state index contributed by atoms with van der Waals surface area (Å²) in [5.41, 5.74) is 1.25. The molecular formula is C11H15NO. The lowest BCUT2D eigenvalue weighted by atomic mass is 9.63. The number of oxazole rings is 1. The van der Waals surface area contributed by atoms with Crippen LogP contribution in [-0.4, -0.2) is 4.98 Å². The van der Waals surface area contributed by atoms with Gasteiger partial charge >= 0.3 is 0 Å². The molecule has 13 heavy (non-hydrogen) atoms. The van der Waals surface area contributed by atoms with Gasteiger partial charge in [0.25, 0.3) is 0 Å². The fourth-order valence-electron chi connectivity index (χ4n) is 1.64. The second kappa shape index (κ2) is 2.25. The summed E-state index contributed by atoms with van der Waals surface area (Å²) < 4.78 is 5.29. The first-order chi connectivity index (χ1) is 5.95. The highest BCUT2D eigenvalue weighted by molar-refractivity contribution is 5.53. The molecule has 0 saturated heterocycles. The van der Waals surface area contributed by atoms with E-state index in [0.29, 0.717) is 0 Å². The Balaban J connectivity index is 2.63. The molecular weight excluding hydrogens is 162 g/mol. The highest BCUT2D eigenvalue weighted by Crippen LogP contribution is 2.46. The molecule has 0 unspecified atom stereocenters. The Morgan fingerprint density at radius 3 is 2.62 bits per heavy atom. The van der Waals surface area contributed by atoms with Gasteiger partial charge in [0.05, 0.1) is 5.69 Å². The first kappa shape index (κ1) is 8.54. The average Bonchev–Trinajstić information content (AvgIpc) is 2.46. The lowest BCUT2D eigenvalue weighted by Gasteiger charge is -2.40. The summed E-state index contributed by atoms with van der Waals surface area (Å²) in [5.74, 6) is 0.907. The van der Waals surface area contributed by atoms with E-state index in [-0.39, 0.29) is 10.8 Å². The number of aromatic nitrogens is 1. The second-order valence-corrected chi connectivity index (χ2v) is 4.75. The van der Waals surface area contributed by atoms with Crippen LogP contribution in [0, 0.1) is 5.41 Å². The topological polar surface area (TPSA) is 26.0 Å². The number of rotatable bonds is 0. The predicted molar refractivity (Wildman–Crippen MR) is 52.3 cm³/mol. The number of allylic oxidation sites excluding steroid dienone is 1. The second-order valence-electron chi connectivity index (χ2n) is 4.75. The van der Waals surface area contributed by atoms with E-state index in [0.717, 1.165) is 11.5 Å². The molecule has 0 aliphatic heterocycles. The van der Waals surface area contributed by atoms with E-state index in [1.807, 2.05) is 6.08 Å². The summed E-state index contributed by atoms with van der Waals surface area (Å²) in [5, 5.41) is 0. The summed E-state index contributed by atoms with van der Waals surface area (Å²) in [7, 11) is 0. The Kier molecular flexibility index (Phi) is 1.48. The number of fused-ring (bicyclic) bond motifs is 1. The normalized spacial score (nSPS) is 22.8. The van der Waals surface area contributed by atoms with E-state index >= 15 is 0 Å². The van der Waals surface area contributed by atoms with Crippen molar-refractivity contribution in [2.45, 2.75) is 33.1 Å². The van der Waals surface area contributed by atoms with Crippen LogP contribution in [0.1, 0.15) is 39.1 Å². The lowest BCUT2D eigenvalue weighted by molar-refractivity contribution is 0.256. The zero-order chi connectivity index (χ0) is 9.69. The minimum absolute atomic E-state index is 0.0457. The highest BCUT2D eigenvalue weighted by atomic mass is 16.3. The zero-order valence-corrected chi connectivity index (χ0v) is 8.59. The van der Waals surface area contributed by atoms with Gasteiger partial charge in [-0.1, -0.05) is 33.8 Å². The molecule has 0 radical (unpaired) electrons. The monoisotopic (exact) mass is 177 g/mol. The van der Waals surface area contributed by atoms with Crippen LogP contribution in [0.3, 0.4) is 0 Å². The van der Waals surface area contributed by atoms with Gasteiger partial charge in [-0.05, 0) is 11.5 Å². The van der Waals surface area contributed by atoms with Crippen molar-refractivity contribution in [3.05, 3.63) is 23.9 Å². The van der Waals surface area contributed by atoms with Gasteiger partial charge in [0.15, 0.2) is 12.2 Å². The molecule has 2 nitrogen and oxygen atoms in total. The van der Waals surface area contributed by atoms with Crippen molar-refractivity contribution in [2.24, 2.45) is 5.41 Å². The molecule has 0 saturated carbocycles. The van der Waals surface area contributed by atoms with Crippen molar-refractivity contribution in [1.82, 2.24) is 4.98 Å². The fraction of sp³-hybridized carbons (Fsp3) is 0.545. The van der Waals surface area contributed by atoms with Crippen LogP contribution >= 0.6 is 0 Å². The van der Waals surface area contributed by atoms with Gasteiger partial charge in [-0.2, -0.15) is 0 Å². The molecule has 2 rings (SSSR count). The van der Waals surface area contributed by atoms with Gasteiger partial charge in [-0.15, -0.1) is 0 Å². The first-order valence-electron chi connectivity index (χ1n) is 4.58. The Morgan fingerprint density at radius 2 is 1.92 bits per heavy atom. The number of hydrogen-bond donors (Lipinski definition) is 0. The minimum Gasteiger partial charge on any atom is -0.444 e. The molecule has 1 heterocycles. The van der Waals surface area contributed by atoms with Crippen molar-refractivity contribution < 1.29 is 4.42 Å². The van der Waals surface area contributed by atoms with Gasteiger partial charge < -0.3 is 4.42 Å². The molecule has 70 valence electrons. The maximum Gasteiger partial charge on any atom is 0.181 e. The van der Waals surface area contributed by atoms with Gasteiger partial charge in [-0.3, -0.25) is 0 Å². The molecule has 2 heteroatoms. The van der Waals surface area contributed by atoms with Crippen molar-refractivity contribution in [2.75, 3.05) is 0 Å². The van der Waals surface area contributed by atoms with E-state index in [1.165, 1.54) is 6.39 Å². The molecule has 1 aromatic rings. The van der Waals surface area contributed by atoms with E-state index in [2.05, 4.69) is 38.8 Å². The number of nitrogens with zero attached hydrogens (tertiary/aromatic N) is 1. The third-order valence-corrected chi connectivity index (χ3v) is 3.45. The Bertz CT molecular complexity index is 358. The molecule has 0 fully saturated rings. The van der Waals surface area contributed by atoms with Gasteiger partial charge in [-0.25, -0.2) is 4.98 Å². The van der Waals surface area contributed by atoms with Gasteiger partial charge in [0, 0.05) is 5.41 Å². The van der Waals surface area contributed by atoms with Crippen molar-refractivity contribution in [3.8, 4) is 0 Å². The SMILES string of the molecule is CC1(C)C=Cc2ocnc2C1(C)C. The molecule has 1 aliphatic rings. The molecule has 0 amide bonds. The first-order valence-corrected chi connectivity index (χ1v) is 4.58. The molecule has 0 bridgehead atoms. The summed E-state index contributed by atoms with van der Waals surface area (Å²) >= 11 is 0. The zero-order valence-electron chi connectivity index (χ0n) is 8.59. The smallest absolute Gasteiger partial charge is 0.181 e. The highest BCUT2D eigenvalue weighted by Gasteiger charge is 2.42. The lowest BCUT2D eigenvalue weighted by Crippen LogP contribution is -2.37. The number of hydrogen-bond acceptors (Lipinski definition) is 2. The minimum atomic E-state index is 0.0457. The molecule has 0 atom stereocenters. The maximum absolute atomic E-state index is 5.29. The molecule has 0 spiro atoms. The Labute approximate surface area is 78.7 Å². The van der Waals surface area contributed by atoms with E-state index in [9.17, 15) is 0 Å². The van der Waals surface area contributed by atoms with Crippen LogP contribution in [-0.2, 0) is 5.41 Å². The standard InChI is InChI=1S/C11H15NO/c1-10(2)6-5-8-9(11(10,3)4)12-7-13-8/h5-7H,1-4H3. The van der Waals surface area contributed by atoms with Crippen LogP contribution < -0.4 is 0 Å². The summed E-state index contributed by atoms with van der Waals surface area (Å²) in [4.78, 5) is 4.29. The Hall–Kier alpha value is -1.05. The quantitative estimate of drug-likeness (QED) is 0.608. The van der Waals surface area contributed by atoms with Crippen LogP contribution in [0.4, 0.5) is 0 Å². The predicted octanol–water partition coefficient (Wildman–Crippen LogP) is 3.01. The van der Waals surface area contributed by atoms with Crippen LogP contribution in [0.15, 0.2) is 16.9 Å².